The van der Waals surface area contributed by atoms with Gasteiger partial charge in [0.1, 0.15) is 5.75 Å². The van der Waals surface area contributed by atoms with Gasteiger partial charge >= 0.3 is 0 Å². The number of aryl methyl sites for hydroxylation is 1. The summed E-state index contributed by atoms with van der Waals surface area (Å²) in [6.45, 7) is 3.65. The summed E-state index contributed by atoms with van der Waals surface area (Å²) in [7, 11) is 0. The van der Waals surface area contributed by atoms with Gasteiger partial charge in [0.05, 0.1) is 5.56 Å². The molecule has 2 unspecified atom stereocenters. The van der Waals surface area contributed by atoms with Gasteiger partial charge < -0.3 is 10.0 Å². The van der Waals surface area contributed by atoms with Crippen LogP contribution in [0.5, 0.6) is 5.75 Å². The first-order valence-electron chi connectivity index (χ1n) is 6.74. The van der Waals surface area contributed by atoms with Crippen LogP contribution in [-0.2, 0) is 0 Å². The van der Waals surface area contributed by atoms with Crippen molar-refractivity contribution in [3.05, 3.63) is 29.3 Å². The molecular weight excluding hydrogens is 226 g/mol. The van der Waals surface area contributed by atoms with Crippen LogP contribution in [0, 0.1) is 18.8 Å². The highest BCUT2D eigenvalue weighted by Crippen LogP contribution is 2.38. The standard InChI is InChI=1S/C15H19NO2/c1-10-5-6-13(14(17)7-10)15(18)16-8-11-3-2-4-12(11)9-16/h5-7,11-12,17H,2-4,8-9H2,1H3. The Balaban J connectivity index is 1.79. The first-order chi connectivity index (χ1) is 8.65. The second kappa shape index (κ2) is 4.30. The van der Waals surface area contributed by atoms with E-state index in [1.54, 1.807) is 12.1 Å². The highest BCUT2D eigenvalue weighted by Gasteiger charge is 2.38. The van der Waals surface area contributed by atoms with E-state index in [9.17, 15) is 9.90 Å². The quantitative estimate of drug-likeness (QED) is 0.826. The number of fused-ring (bicyclic) bond motifs is 1. The number of phenolic OH excluding ortho intramolecular Hbond substituents is 1. The summed E-state index contributed by atoms with van der Waals surface area (Å²) >= 11 is 0. The Labute approximate surface area is 107 Å². The molecule has 1 aliphatic heterocycles. The van der Waals surface area contributed by atoms with Crippen molar-refractivity contribution in [3.63, 3.8) is 0 Å². The Bertz CT molecular complexity index is 471. The predicted octanol–water partition coefficient (Wildman–Crippen LogP) is 2.57. The predicted molar refractivity (Wildman–Crippen MR) is 69.6 cm³/mol. The molecule has 1 aromatic carbocycles. The highest BCUT2D eigenvalue weighted by atomic mass is 16.3. The van der Waals surface area contributed by atoms with Gasteiger partial charge in [0.2, 0.25) is 0 Å². The summed E-state index contributed by atoms with van der Waals surface area (Å²) in [6, 6.07) is 5.27. The SMILES string of the molecule is Cc1ccc(C(=O)N2CC3CCCC3C2)c(O)c1. The molecule has 96 valence electrons. The molecule has 1 amide bonds. The fourth-order valence-corrected chi connectivity index (χ4v) is 3.39. The van der Waals surface area contributed by atoms with Crippen LogP contribution in [0.25, 0.3) is 0 Å². The van der Waals surface area contributed by atoms with Crippen LogP contribution in [0.3, 0.4) is 0 Å². The molecule has 3 nitrogen and oxygen atoms in total. The average Bonchev–Trinajstić information content (AvgIpc) is 2.87. The van der Waals surface area contributed by atoms with E-state index < -0.39 is 0 Å². The third-order valence-electron chi connectivity index (χ3n) is 4.40. The lowest BCUT2D eigenvalue weighted by Crippen LogP contribution is -2.29. The van der Waals surface area contributed by atoms with Crippen molar-refractivity contribution in [1.29, 1.82) is 0 Å². The average molecular weight is 245 g/mol. The topological polar surface area (TPSA) is 40.5 Å². The van der Waals surface area contributed by atoms with Gasteiger partial charge in [-0.3, -0.25) is 4.79 Å². The van der Waals surface area contributed by atoms with Crippen molar-refractivity contribution >= 4 is 5.91 Å². The van der Waals surface area contributed by atoms with Crippen molar-refractivity contribution in [2.24, 2.45) is 11.8 Å². The minimum absolute atomic E-state index is 0.0121. The smallest absolute Gasteiger partial charge is 0.257 e. The van der Waals surface area contributed by atoms with Gasteiger partial charge in [-0.25, -0.2) is 0 Å². The van der Waals surface area contributed by atoms with E-state index in [1.165, 1.54) is 19.3 Å². The van der Waals surface area contributed by atoms with Gasteiger partial charge in [-0.1, -0.05) is 12.5 Å². The third kappa shape index (κ3) is 1.88. The van der Waals surface area contributed by atoms with E-state index in [1.807, 2.05) is 17.9 Å². The van der Waals surface area contributed by atoms with E-state index in [2.05, 4.69) is 0 Å². The first-order valence-corrected chi connectivity index (χ1v) is 6.74. The Hall–Kier alpha value is -1.51. The van der Waals surface area contributed by atoms with Gasteiger partial charge in [-0.2, -0.15) is 0 Å². The van der Waals surface area contributed by atoms with Crippen molar-refractivity contribution in [2.75, 3.05) is 13.1 Å². The van der Waals surface area contributed by atoms with Crippen molar-refractivity contribution < 1.29 is 9.90 Å². The highest BCUT2D eigenvalue weighted by molar-refractivity contribution is 5.97. The van der Waals surface area contributed by atoms with Crippen molar-refractivity contribution in [2.45, 2.75) is 26.2 Å². The monoisotopic (exact) mass is 245 g/mol. The third-order valence-corrected chi connectivity index (χ3v) is 4.40. The molecule has 1 saturated carbocycles. The molecule has 3 rings (SSSR count). The number of carbonyl (C=O) groups excluding carboxylic acids is 1. The number of nitrogens with zero attached hydrogens (tertiary/aromatic N) is 1. The number of rotatable bonds is 1. The van der Waals surface area contributed by atoms with Gasteiger partial charge in [0.15, 0.2) is 0 Å². The minimum Gasteiger partial charge on any atom is -0.507 e. The number of phenols is 1. The summed E-state index contributed by atoms with van der Waals surface area (Å²) in [6.07, 6.45) is 3.83. The molecule has 0 bridgehead atoms. The van der Waals surface area contributed by atoms with Crippen LogP contribution >= 0.6 is 0 Å². The van der Waals surface area contributed by atoms with E-state index in [4.69, 9.17) is 0 Å². The lowest BCUT2D eigenvalue weighted by atomic mass is 10.0. The van der Waals surface area contributed by atoms with Gasteiger partial charge in [0.25, 0.3) is 5.91 Å². The maximum atomic E-state index is 12.4. The first kappa shape index (κ1) is 11.6. The van der Waals surface area contributed by atoms with Crippen LogP contribution in [-0.4, -0.2) is 29.0 Å². The normalized spacial score (nSPS) is 26.4. The molecule has 1 aromatic rings. The van der Waals surface area contributed by atoms with E-state index in [0.29, 0.717) is 17.4 Å². The lowest BCUT2D eigenvalue weighted by Gasteiger charge is -2.18. The lowest BCUT2D eigenvalue weighted by molar-refractivity contribution is 0.0777. The van der Waals surface area contributed by atoms with Gasteiger partial charge in [0, 0.05) is 13.1 Å². The summed E-state index contributed by atoms with van der Waals surface area (Å²) in [4.78, 5) is 14.3. The second-order valence-corrected chi connectivity index (χ2v) is 5.68. The molecule has 18 heavy (non-hydrogen) atoms. The fourth-order valence-electron chi connectivity index (χ4n) is 3.39. The Kier molecular flexibility index (Phi) is 2.77. The molecule has 0 radical (unpaired) electrons. The van der Waals surface area contributed by atoms with E-state index in [0.717, 1.165) is 18.7 Å². The Morgan fingerprint density at radius 1 is 1.28 bits per heavy atom. The molecule has 3 heteroatoms. The van der Waals surface area contributed by atoms with Crippen molar-refractivity contribution in [1.82, 2.24) is 4.90 Å². The summed E-state index contributed by atoms with van der Waals surface area (Å²) in [5.74, 6) is 1.49. The molecule has 2 fully saturated rings. The number of hydrogen-bond acceptors (Lipinski definition) is 2. The van der Waals surface area contributed by atoms with Crippen LogP contribution in [0.4, 0.5) is 0 Å². The molecule has 1 heterocycles. The number of likely N-dealkylation sites (tertiary alicyclic amines) is 1. The van der Waals surface area contributed by atoms with Crippen LogP contribution in [0.2, 0.25) is 0 Å². The van der Waals surface area contributed by atoms with Crippen LogP contribution < -0.4 is 0 Å². The second-order valence-electron chi connectivity index (χ2n) is 5.68. The Morgan fingerprint density at radius 2 is 1.94 bits per heavy atom. The van der Waals surface area contributed by atoms with E-state index >= 15 is 0 Å². The van der Waals surface area contributed by atoms with Gasteiger partial charge in [-0.05, 0) is 49.3 Å². The van der Waals surface area contributed by atoms with E-state index in [-0.39, 0.29) is 11.7 Å². The molecule has 0 aromatic heterocycles. The molecular formula is C15H19NO2. The largest absolute Gasteiger partial charge is 0.507 e. The molecule has 1 N–H and O–H groups in total. The number of amides is 1. The van der Waals surface area contributed by atoms with Crippen molar-refractivity contribution in [3.8, 4) is 5.75 Å². The van der Waals surface area contributed by atoms with Crippen LogP contribution in [0.1, 0.15) is 35.2 Å². The van der Waals surface area contributed by atoms with Gasteiger partial charge in [-0.15, -0.1) is 0 Å². The molecule has 1 saturated heterocycles. The number of hydrogen-bond donors (Lipinski definition) is 1. The summed E-state index contributed by atoms with van der Waals surface area (Å²) < 4.78 is 0. The molecule has 0 spiro atoms. The minimum atomic E-state index is -0.0121. The fraction of sp³-hybridized carbons (Fsp3) is 0.533. The molecule has 1 aliphatic carbocycles. The molecule has 2 aliphatic rings. The van der Waals surface area contributed by atoms with Crippen LogP contribution in [0.15, 0.2) is 18.2 Å². The zero-order chi connectivity index (χ0) is 12.7. The molecule has 2 atom stereocenters. The Morgan fingerprint density at radius 3 is 2.56 bits per heavy atom. The summed E-state index contributed by atoms with van der Waals surface area (Å²) in [5.41, 5.74) is 1.42. The number of aromatic hydroxyl groups is 1. The zero-order valence-corrected chi connectivity index (χ0v) is 10.7. The zero-order valence-electron chi connectivity index (χ0n) is 10.7. The number of benzene rings is 1. The maximum Gasteiger partial charge on any atom is 0.257 e. The summed E-state index contributed by atoms with van der Waals surface area (Å²) in [5, 5.41) is 9.88. The number of carbonyl (C=O) groups is 1. The maximum absolute atomic E-state index is 12.4.